The second kappa shape index (κ2) is 14.4. The summed E-state index contributed by atoms with van der Waals surface area (Å²) in [6.45, 7) is 8.52. The molecule has 1 aliphatic rings. The number of carbonyl (C=O) groups is 1. The van der Waals surface area contributed by atoms with E-state index in [4.69, 9.17) is 42.1 Å². The van der Waals surface area contributed by atoms with Crippen LogP contribution in [0.3, 0.4) is 0 Å². The monoisotopic (exact) mass is 666 g/mol. The van der Waals surface area contributed by atoms with Crippen LogP contribution in [0.25, 0.3) is 6.08 Å². The van der Waals surface area contributed by atoms with E-state index in [0.29, 0.717) is 66.7 Å². The normalized spacial score (nSPS) is 14.5. The number of rotatable bonds is 11. The minimum atomic E-state index is -0.795. The number of carbonyl (C=O) groups excluding carboxylic acids is 1. The highest BCUT2D eigenvalue weighted by Gasteiger charge is 2.34. The van der Waals surface area contributed by atoms with Gasteiger partial charge in [-0.2, -0.15) is 0 Å². The van der Waals surface area contributed by atoms with Crippen molar-refractivity contribution in [1.82, 2.24) is 4.57 Å². The van der Waals surface area contributed by atoms with E-state index >= 15 is 0 Å². The van der Waals surface area contributed by atoms with Gasteiger partial charge in [0.05, 0.1) is 41.7 Å². The Balaban J connectivity index is 1.61. The first-order chi connectivity index (χ1) is 21.7. The van der Waals surface area contributed by atoms with E-state index in [-0.39, 0.29) is 24.3 Å². The number of allylic oxidation sites excluding steroid dienone is 1. The van der Waals surface area contributed by atoms with Gasteiger partial charge in [-0.25, -0.2) is 9.79 Å². The van der Waals surface area contributed by atoms with Crippen molar-refractivity contribution in [2.75, 3.05) is 19.8 Å². The van der Waals surface area contributed by atoms with Gasteiger partial charge < -0.3 is 18.9 Å². The van der Waals surface area contributed by atoms with Gasteiger partial charge in [-0.15, -0.1) is 0 Å². The van der Waals surface area contributed by atoms with Crippen molar-refractivity contribution in [2.24, 2.45) is 4.99 Å². The first kappa shape index (κ1) is 32.3. The molecule has 0 bridgehead atoms. The van der Waals surface area contributed by atoms with Crippen LogP contribution < -0.4 is 29.1 Å². The Hall–Kier alpha value is -4.05. The zero-order valence-corrected chi connectivity index (χ0v) is 27.6. The Morgan fingerprint density at radius 3 is 2.42 bits per heavy atom. The first-order valence-electron chi connectivity index (χ1n) is 14.5. The molecular formula is C34H32Cl2N2O6S. The summed E-state index contributed by atoms with van der Waals surface area (Å²) < 4.78 is 25.2. The molecule has 1 aromatic heterocycles. The molecule has 0 fully saturated rings. The molecule has 3 aromatic carbocycles. The van der Waals surface area contributed by atoms with Crippen molar-refractivity contribution in [3.8, 4) is 17.2 Å². The number of ether oxygens (including phenoxy) is 4. The number of thiazole rings is 1. The van der Waals surface area contributed by atoms with Gasteiger partial charge in [0.25, 0.3) is 5.56 Å². The third kappa shape index (κ3) is 6.96. The maximum atomic E-state index is 14.2. The Morgan fingerprint density at radius 1 is 0.933 bits per heavy atom. The van der Waals surface area contributed by atoms with Crippen LogP contribution in [0.2, 0.25) is 10.0 Å². The standard InChI is InChI=1S/C34H32Cl2N2O6S/c1-5-41-27-15-13-22(16-28(27)42-6-2)31-30(33(40)43-7-3)20(4)37-34-38(31)32(39)29(45-34)17-21-10-8-9-11-26(21)44-19-23-12-14-24(35)18-25(23)36/h8-18,31H,5-7,19H2,1-4H3/b29-17-/t31-/m1/s1. The predicted molar refractivity (Wildman–Crippen MR) is 176 cm³/mol. The van der Waals surface area contributed by atoms with Crippen molar-refractivity contribution in [3.63, 3.8) is 0 Å². The van der Waals surface area contributed by atoms with Crippen molar-refractivity contribution in [1.29, 1.82) is 0 Å². The van der Waals surface area contributed by atoms with Gasteiger partial charge in [0.15, 0.2) is 16.3 Å². The van der Waals surface area contributed by atoms with Gasteiger partial charge in [0, 0.05) is 21.2 Å². The summed E-state index contributed by atoms with van der Waals surface area (Å²) >= 11 is 13.6. The highest BCUT2D eigenvalue weighted by atomic mass is 35.5. The largest absolute Gasteiger partial charge is 0.490 e. The van der Waals surface area contributed by atoms with Crippen LogP contribution in [0.4, 0.5) is 0 Å². The Morgan fingerprint density at radius 2 is 1.69 bits per heavy atom. The molecule has 234 valence electrons. The van der Waals surface area contributed by atoms with Crippen LogP contribution in [-0.2, 0) is 16.1 Å². The van der Waals surface area contributed by atoms with E-state index in [9.17, 15) is 9.59 Å². The second-order valence-corrected chi connectivity index (χ2v) is 11.8. The molecule has 4 aromatic rings. The van der Waals surface area contributed by atoms with E-state index in [2.05, 4.69) is 4.99 Å². The van der Waals surface area contributed by atoms with Crippen molar-refractivity contribution < 1.29 is 23.7 Å². The van der Waals surface area contributed by atoms with Crippen LogP contribution in [0.15, 0.2) is 81.7 Å². The van der Waals surface area contributed by atoms with Crippen LogP contribution in [0, 0.1) is 0 Å². The fourth-order valence-corrected chi connectivity index (χ4v) is 6.51. The van der Waals surface area contributed by atoms with Crippen LogP contribution >= 0.6 is 34.5 Å². The van der Waals surface area contributed by atoms with E-state index in [1.807, 2.05) is 50.2 Å². The number of benzene rings is 3. The van der Waals surface area contributed by atoms with E-state index in [1.54, 1.807) is 44.2 Å². The van der Waals surface area contributed by atoms with Gasteiger partial charge in [0.2, 0.25) is 0 Å². The first-order valence-corrected chi connectivity index (χ1v) is 16.1. The van der Waals surface area contributed by atoms with Gasteiger partial charge in [0.1, 0.15) is 12.4 Å². The second-order valence-electron chi connectivity index (χ2n) is 9.94. The summed E-state index contributed by atoms with van der Waals surface area (Å²) in [6, 6.07) is 17.3. The van der Waals surface area contributed by atoms with Gasteiger partial charge in [-0.1, -0.05) is 64.9 Å². The SMILES string of the molecule is CCOC(=O)C1=C(C)N=c2s/c(=C\c3ccccc3OCc3ccc(Cl)cc3Cl)c(=O)n2[C@@H]1c1ccc(OCC)c(OCC)c1. The molecule has 45 heavy (non-hydrogen) atoms. The molecule has 0 spiro atoms. The number of nitrogens with zero attached hydrogens (tertiary/aromatic N) is 2. The van der Waals surface area contributed by atoms with Crippen molar-refractivity contribution in [2.45, 2.75) is 40.3 Å². The van der Waals surface area contributed by atoms with Crippen molar-refractivity contribution >= 4 is 46.6 Å². The van der Waals surface area contributed by atoms with E-state index in [1.165, 1.54) is 15.9 Å². The third-order valence-electron chi connectivity index (χ3n) is 7.00. The molecule has 0 amide bonds. The average molecular weight is 668 g/mol. The summed E-state index contributed by atoms with van der Waals surface area (Å²) in [7, 11) is 0. The molecular weight excluding hydrogens is 635 g/mol. The third-order valence-corrected chi connectivity index (χ3v) is 8.57. The lowest BCUT2D eigenvalue weighted by molar-refractivity contribution is -0.139. The molecule has 1 atom stereocenters. The molecule has 0 saturated heterocycles. The minimum Gasteiger partial charge on any atom is -0.490 e. The maximum Gasteiger partial charge on any atom is 0.338 e. The zero-order chi connectivity index (χ0) is 32.1. The predicted octanol–water partition coefficient (Wildman–Crippen LogP) is 6.48. The minimum absolute atomic E-state index is 0.179. The molecule has 0 saturated carbocycles. The lowest BCUT2D eigenvalue weighted by Crippen LogP contribution is -2.40. The van der Waals surface area contributed by atoms with Gasteiger partial charge in [-0.05, 0) is 69.7 Å². The van der Waals surface area contributed by atoms with Crippen LogP contribution in [-0.4, -0.2) is 30.4 Å². The number of hydrogen-bond acceptors (Lipinski definition) is 8. The number of aromatic nitrogens is 1. The number of para-hydroxylation sites is 1. The van der Waals surface area contributed by atoms with Crippen LogP contribution in [0.1, 0.15) is 50.4 Å². The van der Waals surface area contributed by atoms with Gasteiger partial charge in [-0.3, -0.25) is 9.36 Å². The average Bonchev–Trinajstić information content (AvgIpc) is 3.31. The molecule has 11 heteroatoms. The summed E-state index contributed by atoms with van der Waals surface area (Å²) in [5.74, 6) is 1.13. The smallest absolute Gasteiger partial charge is 0.338 e. The summed E-state index contributed by atoms with van der Waals surface area (Å²) in [5.41, 5.74) is 2.59. The molecule has 0 N–H and O–H groups in total. The number of esters is 1. The summed E-state index contributed by atoms with van der Waals surface area (Å²) in [5, 5.41) is 1.04. The fraction of sp³-hybridized carbons (Fsp3) is 0.265. The molecule has 8 nitrogen and oxygen atoms in total. The van der Waals surface area contributed by atoms with E-state index in [0.717, 1.165) is 5.56 Å². The summed E-state index contributed by atoms with van der Waals surface area (Å²) in [6.07, 6.45) is 1.77. The molecule has 0 radical (unpaired) electrons. The lowest BCUT2D eigenvalue weighted by atomic mass is 9.95. The number of fused-ring (bicyclic) bond motifs is 1. The lowest BCUT2D eigenvalue weighted by Gasteiger charge is -2.25. The maximum absolute atomic E-state index is 14.2. The Kier molecular flexibility index (Phi) is 10.3. The molecule has 5 rings (SSSR count). The molecule has 1 aliphatic heterocycles. The Labute approximate surface area is 274 Å². The Bertz CT molecular complexity index is 1950. The van der Waals surface area contributed by atoms with E-state index < -0.39 is 12.0 Å². The summed E-state index contributed by atoms with van der Waals surface area (Å²) in [4.78, 5) is 32.6. The zero-order valence-electron chi connectivity index (χ0n) is 25.3. The fourth-order valence-electron chi connectivity index (χ4n) is 5.01. The molecule has 2 heterocycles. The van der Waals surface area contributed by atoms with Gasteiger partial charge >= 0.3 is 5.97 Å². The quantitative estimate of drug-likeness (QED) is 0.170. The number of hydrogen-bond donors (Lipinski definition) is 0. The topological polar surface area (TPSA) is 88.4 Å². The molecule has 0 unspecified atom stereocenters. The van der Waals surface area contributed by atoms with Crippen molar-refractivity contribution in [3.05, 3.63) is 118 Å². The highest BCUT2D eigenvalue weighted by Crippen LogP contribution is 2.36. The highest BCUT2D eigenvalue weighted by molar-refractivity contribution is 7.07. The molecule has 0 aliphatic carbocycles. The van der Waals surface area contributed by atoms with Crippen LogP contribution in [0.5, 0.6) is 17.2 Å². The number of halogens is 2.